The predicted molar refractivity (Wildman–Crippen MR) is 108 cm³/mol. The summed E-state index contributed by atoms with van der Waals surface area (Å²) in [4.78, 5) is 33.1. The Morgan fingerprint density at radius 1 is 1.21 bits per heavy atom. The van der Waals surface area contributed by atoms with Gasteiger partial charge in [0.05, 0.1) is 6.04 Å². The minimum Gasteiger partial charge on any atom is -0.333 e. The van der Waals surface area contributed by atoms with Gasteiger partial charge in [-0.25, -0.2) is 4.79 Å². The number of amides is 3. The van der Waals surface area contributed by atoms with E-state index in [4.69, 9.17) is 0 Å². The van der Waals surface area contributed by atoms with Crippen LogP contribution in [-0.4, -0.2) is 56.1 Å². The van der Waals surface area contributed by atoms with Crippen LogP contribution in [0.5, 0.6) is 0 Å². The number of H-pyrrole nitrogens is 1. The van der Waals surface area contributed by atoms with Crippen molar-refractivity contribution in [3.8, 4) is 0 Å². The first-order valence-corrected chi connectivity index (χ1v) is 9.43. The average Bonchev–Trinajstić information content (AvgIpc) is 3.14. The number of urea groups is 1. The SMILES string of the molecule is Cc1cc(C(=O)N2CC(N(Cc3cccnc3)C(=O)Nc3ccccc3)C2)n[nH]1. The van der Waals surface area contributed by atoms with Gasteiger partial charge in [-0.2, -0.15) is 5.10 Å². The number of aromatic nitrogens is 3. The molecule has 1 aliphatic heterocycles. The summed E-state index contributed by atoms with van der Waals surface area (Å²) < 4.78 is 0. The second-order valence-electron chi connectivity index (χ2n) is 7.09. The van der Waals surface area contributed by atoms with Crippen molar-refractivity contribution in [3.63, 3.8) is 0 Å². The summed E-state index contributed by atoms with van der Waals surface area (Å²) in [6, 6.07) is 14.6. The minimum absolute atomic E-state index is 0.0806. The highest BCUT2D eigenvalue weighted by molar-refractivity contribution is 5.93. The largest absolute Gasteiger partial charge is 0.333 e. The number of hydrogen-bond donors (Lipinski definition) is 2. The van der Waals surface area contributed by atoms with Gasteiger partial charge in [-0.15, -0.1) is 0 Å². The molecule has 0 spiro atoms. The summed E-state index contributed by atoms with van der Waals surface area (Å²) in [5, 5.41) is 9.75. The van der Waals surface area contributed by atoms with E-state index in [2.05, 4.69) is 20.5 Å². The Morgan fingerprint density at radius 2 is 2.00 bits per heavy atom. The van der Waals surface area contributed by atoms with Gasteiger partial charge in [0.2, 0.25) is 0 Å². The number of para-hydroxylation sites is 1. The number of benzene rings is 1. The van der Waals surface area contributed by atoms with E-state index in [1.54, 1.807) is 28.3 Å². The molecule has 29 heavy (non-hydrogen) atoms. The molecule has 0 radical (unpaired) electrons. The highest BCUT2D eigenvalue weighted by Gasteiger charge is 2.38. The Hall–Kier alpha value is -3.68. The highest BCUT2D eigenvalue weighted by atomic mass is 16.2. The first kappa shape index (κ1) is 18.7. The fourth-order valence-corrected chi connectivity index (χ4v) is 3.28. The van der Waals surface area contributed by atoms with Crippen molar-refractivity contribution in [2.75, 3.05) is 18.4 Å². The standard InChI is InChI=1S/C21H22N6O2/c1-15-10-19(25-24-15)20(28)26-13-18(14-26)27(12-16-6-5-9-22-11-16)21(29)23-17-7-3-2-4-8-17/h2-11,18H,12-14H2,1H3,(H,23,29)(H,24,25). The number of rotatable bonds is 5. The van der Waals surface area contributed by atoms with E-state index >= 15 is 0 Å². The maximum atomic E-state index is 13.0. The molecular weight excluding hydrogens is 368 g/mol. The highest BCUT2D eigenvalue weighted by Crippen LogP contribution is 2.21. The molecule has 0 bridgehead atoms. The number of nitrogens with one attached hydrogen (secondary N) is 2. The quantitative estimate of drug-likeness (QED) is 0.700. The molecule has 1 aliphatic rings. The summed E-state index contributed by atoms with van der Waals surface area (Å²) in [6.45, 7) is 3.20. The molecule has 3 amide bonds. The third-order valence-corrected chi connectivity index (χ3v) is 4.88. The number of aromatic amines is 1. The lowest BCUT2D eigenvalue weighted by atomic mass is 10.1. The van der Waals surface area contributed by atoms with Crippen LogP contribution in [0.4, 0.5) is 10.5 Å². The van der Waals surface area contributed by atoms with Gasteiger partial charge in [-0.3, -0.25) is 14.9 Å². The van der Waals surface area contributed by atoms with Crippen molar-refractivity contribution in [1.82, 2.24) is 25.0 Å². The Bertz CT molecular complexity index is 983. The van der Waals surface area contributed by atoms with E-state index in [0.29, 0.717) is 25.3 Å². The van der Waals surface area contributed by atoms with E-state index in [1.165, 1.54) is 0 Å². The molecule has 0 saturated carbocycles. The van der Waals surface area contributed by atoms with Crippen LogP contribution in [0.1, 0.15) is 21.7 Å². The lowest BCUT2D eigenvalue weighted by Crippen LogP contribution is -2.62. The van der Waals surface area contributed by atoms with Gasteiger partial charge in [-0.05, 0) is 36.8 Å². The van der Waals surface area contributed by atoms with Crippen LogP contribution in [0.25, 0.3) is 0 Å². The minimum atomic E-state index is -0.201. The zero-order valence-electron chi connectivity index (χ0n) is 16.1. The summed E-state index contributed by atoms with van der Waals surface area (Å²) in [7, 11) is 0. The number of likely N-dealkylation sites (tertiary alicyclic amines) is 1. The molecule has 3 aromatic rings. The molecule has 3 heterocycles. The van der Waals surface area contributed by atoms with Crippen LogP contribution in [0, 0.1) is 6.92 Å². The van der Waals surface area contributed by atoms with Gasteiger partial charge >= 0.3 is 6.03 Å². The number of carbonyl (C=O) groups excluding carboxylic acids is 2. The lowest BCUT2D eigenvalue weighted by molar-refractivity contribution is 0.0358. The molecule has 1 fully saturated rings. The second kappa shape index (κ2) is 8.14. The Labute approximate surface area is 168 Å². The summed E-state index contributed by atoms with van der Waals surface area (Å²) >= 11 is 0. The number of nitrogens with zero attached hydrogens (tertiary/aromatic N) is 4. The van der Waals surface area contributed by atoms with Gasteiger partial charge in [0, 0.05) is 43.4 Å². The molecule has 0 unspecified atom stereocenters. The van der Waals surface area contributed by atoms with Crippen LogP contribution in [-0.2, 0) is 6.54 Å². The zero-order chi connectivity index (χ0) is 20.2. The van der Waals surface area contributed by atoms with E-state index in [1.807, 2.05) is 49.4 Å². The molecule has 8 heteroatoms. The lowest BCUT2D eigenvalue weighted by Gasteiger charge is -2.45. The third kappa shape index (κ3) is 4.26. The van der Waals surface area contributed by atoms with Crippen molar-refractivity contribution in [2.45, 2.75) is 19.5 Å². The van der Waals surface area contributed by atoms with Crippen LogP contribution < -0.4 is 5.32 Å². The van der Waals surface area contributed by atoms with Gasteiger partial charge in [0.15, 0.2) is 0 Å². The topological polar surface area (TPSA) is 94.2 Å². The monoisotopic (exact) mass is 390 g/mol. The van der Waals surface area contributed by atoms with Crippen molar-refractivity contribution in [3.05, 3.63) is 77.9 Å². The molecule has 0 atom stereocenters. The number of anilines is 1. The van der Waals surface area contributed by atoms with Crippen LogP contribution in [0.15, 0.2) is 60.9 Å². The molecule has 8 nitrogen and oxygen atoms in total. The number of aryl methyl sites for hydroxylation is 1. The normalized spacial score (nSPS) is 13.6. The molecule has 4 rings (SSSR count). The molecule has 1 saturated heterocycles. The van der Waals surface area contributed by atoms with Crippen LogP contribution >= 0.6 is 0 Å². The Kier molecular flexibility index (Phi) is 5.24. The van der Waals surface area contributed by atoms with E-state index in [-0.39, 0.29) is 18.0 Å². The number of hydrogen-bond acceptors (Lipinski definition) is 4. The number of pyridine rings is 1. The van der Waals surface area contributed by atoms with Gasteiger partial charge in [-0.1, -0.05) is 24.3 Å². The summed E-state index contributed by atoms with van der Waals surface area (Å²) in [5.41, 5.74) is 2.90. The van der Waals surface area contributed by atoms with Crippen molar-refractivity contribution in [1.29, 1.82) is 0 Å². The second-order valence-corrected chi connectivity index (χ2v) is 7.09. The van der Waals surface area contributed by atoms with E-state index in [9.17, 15) is 9.59 Å². The van der Waals surface area contributed by atoms with Crippen LogP contribution in [0.2, 0.25) is 0 Å². The molecule has 1 aromatic carbocycles. The summed E-state index contributed by atoms with van der Waals surface area (Å²) in [6.07, 6.45) is 3.45. The first-order valence-electron chi connectivity index (χ1n) is 9.43. The first-order chi connectivity index (χ1) is 14.1. The fraction of sp³-hybridized carbons (Fsp3) is 0.238. The van der Waals surface area contributed by atoms with Crippen molar-refractivity contribution < 1.29 is 9.59 Å². The number of carbonyl (C=O) groups is 2. The van der Waals surface area contributed by atoms with Crippen molar-refractivity contribution in [2.24, 2.45) is 0 Å². The van der Waals surface area contributed by atoms with Crippen LogP contribution in [0.3, 0.4) is 0 Å². The molecule has 2 aromatic heterocycles. The molecule has 0 aliphatic carbocycles. The fourth-order valence-electron chi connectivity index (χ4n) is 3.28. The van der Waals surface area contributed by atoms with E-state index < -0.39 is 0 Å². The van der Waals surface area contributed by atoms with Crippen molar-refractivity contribution >= 4 is 17.6 Å². The third-order valence-electron chi connectivity index (χ3n) is 4.88. The maximum Gasteiger partial charge on any atom is 0.322 e. The maximum absolute atomic E-state index is 13.0. The Morgan fingerprint density at radius 3 is 2.66 bits per heavy atom. The smallest absolute Gasteiger partial charge is 0.322 e. The molecule has 148 valence electrons. The summed E-state index contributed by atoms with van der Waals surface area (Å²) in [5.74, 6) is -0.129. The average molecular weight is 390 g/mol. The van der Waals surface area contributed by atoms with Gasteiger partial charge < -0.3 is 15.1 Å². The molecular formula is C21H22N6O2. The Balaban J connectivity index is 1.45. The van der Waals surface area contributed by atoms with Gasteiger partial charge in [0.1, 0.15) is 5.69 Å². The molecule has 2 N–H and O–H groups in total. The predicted octanol–water partition coefficient (Wildman–Crippen LogP) is 2.67. The zero-order valence-corrected chi connectivity index (χ0v) is 16.1. The van der Waals surface area contributed by atoms with Gasteiger partial charge in [0.25, 0.3) is 5.91 Å². The van der Waals surface area contributed by atoms with E-state index in [0.717, 1.165) is 16.9 Å².